The second-order valence-electron chi connectivity index (χ2n) is 9.85. The standard InChI is InChI=1S/C29H30N6O6/c1-5-8-23-30-25(29(3,4)38)24(27(36)39-16-22-17(2)40-28(37)41-22)35(23)15-18-11-13-19(14-12-18)20-9-6-7-10-21(20)26-31-33-34-32-26/h6-7,9-14,38H,5,8,15-16H2,1-4H3,(H,31,32,33,34)/i15D2. The number of carbonyl (C=O) groups excluding carboxylic acids is 1. The lowest BCUT2D eigenvalue weighted by Gasteiger charge is -2.17. The lowest BCUT2D eigenvalue weighted by atomic mass is 9.98. The summed E-state index contributed by atoms with van der Waals surface area (Å²) in [6.07, 6.45) is 0.916. The normalized spacial score (nSPS) is 12.7. The third-order valence-corrected chi connectivity index (χ3v) is 6.31. The van der Waals surface area contributed by atoms with Gasteiger partial charge in [-0.3, -0.25) is 0 Å². The number of tetrazole rings is 1. The number of nitrogens with zero attached hydrogens (tertiary/aromatic N) is 5. The summed E-state index contributed by atoms with van der Waals surface area (Å²) in [5.41, 5.74) is 0.676. The molecule has 0 atom stereocenters. The number of ether oxygens (including phenoxy) is 1. The molecule has 0 aliphatic rings. The largest absolute Gasteiger partial charge is 0.519 e. The number of nitrogens with one attached hydrogen (secondary N) is 1. The molecule has 0 spiro atoms. The third kappa shape index (κ3) is 5.87. The van der Waals surface area contributed by atoms with Crippen LogP contribution >= 0.6 is 0 Å². The summed E-state index contributed by atoms with van der Waals surface area (Å²) in [7, 11) is 0. The van der Waals surface area contributed by atoms with Gasteiger partial charge < -0.3 is 23.2 Å². The predicted molar refractivity (Wildman–Crippen MR) is 147 cm³/mol. The Balaban J connectivity index is 1.57. The van der Waals surface area contributed by atoms with Crippen molar-refractivity contribution in [3.05, 3.63) is 93.4 Å². The Kier molecular flexibility index (Phi) is 6.95. The van der Waals surface area contributed by atoms with Crippen LogP contribution in [0.25, 0.3) is 22.5 Å². The number of rotatable bonds is 10. The van der Waals surface area contributed by atoms with E-state index in [1.807, 2.05) is 31.2 Å². The molecule has 0 radical (unpaired) electrons. The van der Waals surface area contributed by atoms with Crippen LogP contribution in [0, 0.1) is 6.92 Å². The maximum Gasteiger partial charge on any atom is 0.519 e. The fourth-order valence-corrected chi connectivity index (χ4v) is 4.36. The molecule has 12 nitrogen and oxygen atoms in total. The van der Waals surface area contributed by atoms with Gasteiger partial charge in [-0.25, -0.2) is 14.6 Å². The molecule has 5 rings (SSSR count). The highest BCUT2D eigenvalue weighted by Gasteiger charge is 2.33. The Morgan fingerprint density at radius 3 is 2.49 bits per heavy atom. The van der Waals surface area contributed by atoms with Crippen LogP contribution in [0.2, 0.25) is 0 Å². The number of hydrogen-bond donors (Lipinski definition) is 2. The number of benzene rings is 2. The molecule has 0 amide bonds. The van der Waals surface area contributed by atoms with Crippen molar-refractivity contribution >= 4 is 5.97 Å². The highest BCUT2D eigenvalue weighted by Crippen LogP contribution is 2.31. The molecular weight excluding hydrogens is 528 g/mol. The third-order valence-electron chi connectivity index (χ3n) is 6.31. The SMILES string of the molecule is [2H]C([2H])(c1ccc(-c2ccccc2-c2nn[nH]n2)cc1)n1c(CCC)nc(C(C)(C)O)c1C(=O)OCc1oc(=O)oc1C. The summed E-state index contributed by atoms with van der Waals surface area (Å²) >= 11 is 0. The van der Waals surface area contributed by atoms with Gasteiger partial charge >= 0.3 is 11.8 Å². The lowest BCUT2D eigenvalue weighted by molar-refractivity contribution is 0.0395. The van der Waals surface area contributed by atoms with Gasteiger partial charge in [-0.05, 0) is 49.1 Å². The Morgan fingerprint density at radius 1 is 1.15 bits per heavy atom. The molecule has 2 N–H and O–H groups in total. The maximum absolute atomic E-state index is 13.6. The highest BCUT2D eigenvalue weighted by atomic mass is 16.6. The van der Waals surface area contributed by atoms with Gasteiger partial charge in [-0.1, -0.05) is 55.5 Å². The lowest BCUT2D eigenvalue weighted by Crippen LogP contribution is -2.23. The number of aromatic amines is 1. The van der Waals surface area contributed by atoms with Crippen LogP contribution in [0.15, 0.2) is 62.2 Å². The van der Waals surface area contributed by atoms with E-state index in [-0.39, 0.29) is 34.3 Å². The number of hydrogen-bond acceptors (Lipinski definition) is 10. The van der Waals surface area contributed by atoms with Crippen molar-refractivity contribution in [3.8, 4) is 22.5 Å². The fraction of sp³-hybridized carbons (Fsp3) is 0.310. The number of aromatic nitrogens is 6. The van der Waals surface area contributed by atoms with Crippen LogP contribution in [0.3, 0.4) is 0 Å². The van der Waals surface area contributed by atoms with E-state index in [0.29, 0.717) is 18.7 Å². The van der Waals surface area contributed by atoms with Gasteiger partial charge in [0.15, 0.2) is 23.8 Å². The van der Waals surface area contributed by atoms with Gasteiger partial charge in [-0.15, -0.1) is 10.2 Å². The van der Waals surface area contributed by atoms with Crippen LogP contribution in [0.4, 0.5) is 0 Å². The summed E-state index contributed by atoms with van der Waals surface area (Å²) in [5, 5.41) is 25.2. The van der Waals surface area contributed by atoms with Crippen LogP contribution < -0.4 is 5.82 Å². The predicted octanol–water partition coefficient (Wildman–Crippen LogP) is 4.17. The fourth-order valence-electron chi connectivity index (χ4n) is 4.36. The molecule has 0 aliphatic carbocycles. The number of H-pyrrole nitrogens is 1. The summed E-state index contributed by atoms with van der Waals surface area (Å²) in [5.74, 6) is -1.04. The molecule has 0 fully saturated rings. The van der Waals surface area contributed by atoms with Crippen molar-refractivity contribution in [1.82, 2.24) is 30.2 Å². The van der Waals surface area contributed by atoms with E-state index in [1.54, 1.807) is 24.3 Å². The van der Waals surface area contributed by atoms with Crippen molar-refractivity contribution in [2.45, 2.75) is 59.2 Å². The molecule has 2 aromatic carbocycles. The Bertz CT molecular complexity index is 1800. The number of aliphatic hydroxyl groups is 1. The molecule has 0 aliphatic heterocycles. The smallest absolute Gasteiger partial charge is 0.453 e. The topological polar surface area (TPSA) is 162 Å². The van der Waals surface area contributed by atoms with Crippen molar-refractivity contribution in [1.29, 1.82) is 0 Å². The zero-order valence-corrected chi connectivity index (χ0v) is 23.0. The molecule has 12 heteroatoms. The van der Waals surface area contributed by atoms with Crippen molar-refractivity contribution in [3.63, 3.8) is 0 Å². The first-order chi connectivity index (χ1) is 20.4. The van der Waals surface area contributed by atoms with Crippen LogP contribution in [0.1, 0.15) is 69.0 Å². The van der Waals surface area contributed by atoms with Crippen LogP contribution in [-0.2, 0) is 29.9 Å². The summed E-state index contributed by atoms with van der Waals surface area (Å²) < 4.78 is 34.9. The molecule has 41 heavy (non-hydrogen) atoms. The summed E-state index contributed by atoms with van der Waals surface area (Å²) in [6.45, 7) is 3.57. The molecule has 0 saturated heterocycles. The molecule has 0 saturated carbocycles. The van der Waals surface area contributed by atoms with E-state index >= 15 is 0 Å². The maximum atomic E-state index is 13.6. The molecule has 3 heterocycles. The quantitative estimate of drug-likeness (QED) is 0.237. The van der Waals surface area contributed by atoms with Crippen LogP contribution in [-0.4, -0.2) is 41.3 Å². The van der Waals surface area contributed by atoms with E-state index in [1.165, 1.54) is 25.3 Å². The van der Waals surface area contributed by atoms with Crippen molar-refractivity contribution in [2.24, 2.45) is 0 Å². The van der Waals surface area contributed by atoms with E-state index in [9.17, 15) is 17.4 Å². The van der Waals surface area contributed by atoms with E-state index < -0.39 is 30.5 Å². The van der Waals surface area contributed by atoms with E-state index in [0.717, 1.165) is 16.7 Å². The zero-order valence-electron chi connectivity index (χ0n) is 25.0. The monoisotopic (exact) mass is 560 g/mol. The molecule has 5 aromatic rings. The van der Waals surface area contributed by atoms with Crippen molar-refractivity contribution < 1.29 is 26.2 Å². The Labute approximate surface area is 237 Å². The average molecular weight is 561 g/mol. The zero-order chi connectivity index (χ0) is 30.9. The number of carbonyl (C=O) groups is 1. The molecule has 3 aromatic heterocycles. The van der Waals surface area contributed by atoms with Gasteiger partial charge in [0.2, 0.25) is 5.82 Å². The molecule has 212 valence electrons. The number of aryl methyl sites for hydroxylation is 2. The second-order valence-corrected chi connectivity index (χ2v) is 9.85. The minimum Gasteiger partial charge on any atom is -0.453 e. The first kappa shape index (κ1) is 25.1. The Hall–Kier alpha value is -4.84. The number of esters is 1. The number of imidazole rings is 1. The molecular formula is C29H30N6O6. The molecule has 0 unspecified atom stereocenters. The van der Waals surface area contributed by atoms with Gasteiger partial charge in [0.25, 0.3) is 0 Å². The van der Waals surface area contributed by atoms with E-state index in [2.05, 4.69) is 25.6 Å². The van der Waals surface area contributed by atoms with Crippen molar-refractivity contribution in [2.75, 3.05) is 0 Å². The average Bonchev–Trinajstić information content (AvgIpc) is 3.71. The summed E-state index contributed by atoms with van der Waals surface area (Å²) in [4.78, 5) is 29.5. The first-order valence-corrected chi connectivity index (χ1v) is 13.0. The minimum atomic E-state index is -2.29. The Morgan fingerprint density at radius 2 is 1.88 bits per heavy atom. The highest BCUT2D eigenvalue weighted by molar-refractivity contribution is 5.89. The van der Waals surface area contributed by atoms with E-state index in [4.69, 9.17) is 13.6 Å². The molecule has 0 bridgehead atoms. The van der Waals surface area contributed by atoms with Crippen LogP contribution in [0.5, 0.6) is 0 Å². The van der Waals surface area contributed by atoms with Gasteiger partial charge in [0.1, 0.15) is 17.1 Å². The second kappa shape index (κ2) is 11.3. The summed E-state index contributed by atoms with van der Waals surface area (Å²) in [6, 6.07) is 14.3. The first-order valence-electron chi connectivity index (χ1n) is 14.0. The minimum absolute atomic E-state index is 0.0164. The van der Waals surface area contributed by atoms with Gasteiger partial charge in [0.05, 0.1) is 2.74 Å². The van der Waals surface area contributed by atoms with Gasteiger partial charge in [-0.2, -0.15) is 5.21 Å². The van der Waals surface area contributed by atoms with Gasteiger partial charge in [0, 0.05) is 18.5 Å².